The number of carbonyl (C=O) groups is 1. The van der Waals surface area contributed by atoms with E-state index in [1.165, 1.54) is 4.88 Å². The third-order valence-corrected chi connectivity index (χ3v) is 4.03. The Balaban J connectivity index is 1.86. The highest BCUT2D eigenvalue weighted by Crippen LogP contribution is 2.16. The minimum Gasteiger partial charge on any atom is -0.484 e. The SMILES string of the molecule is CCN(Cc1cccs1)C(=O)COc1ccc(NC)cc1. The average Bonchev–Trinajstić information content (AvgIpc) is 3.03. The number of ether oxygens (including phenoxy) is 1. The lowest BCUT2D eigenvalue weighted by Gasteiger charge is -2.20. The molecule has 2 rings (SSSR count). The summed E-state index contributed by atoms with van der Waals surface area (Å²) in [6.07, 6.45) is 0. The molecule has 0 unspecified atom stereocenters. The van der Waals surface area contributed by atoms with E-state index in [1.807, 2.05) is 55.7 Å². The average molecular weight is 304 g/mol. The molecule has 1 heterocycles. The number of likely N-dealkylation sites (N-methyl/N-ethyl adjacent to an activating group) is 1. The predicted octanol–water partition coefficient (Wildman–Crippen LogP) is 3.22. The third-order valence-electron chi connectivity index (χ3n) is 3.17. The number of nitrogens with one attached hydrogen (secondary N) is 1. The Hall–Kier alpha value is -2.01. The van der Waals surface area contributed by atoms with Gasteiger partial charge in [0.15, 0.2) is 6.61 Å². The molecule has 0 atom stereocenters. The molecule has 0 spiro atoms. The van der Waals surface area contributed by atoms with E-state index in [1.54, 1.807) is 16.2 Å². The van der Waals surface area contributed by atoms with Crippen molar-refractivity contribution in [2.75, 3.05) is 25.5 Å². The first-order valence-electron chi connectivity index (χ1n) is 6.93. The van der Waals surface area contributed by atoms with E-state index >= 15 is 0 Å². The molecule has 0 radical (unpaired) electrons. The second-order valence-electron chi connectivity index (χ2n) is 4.55. The van der Waals surface area contributed by atoms with Crippen molar-refractivity contribution in [2.24, 2.45) is 0 Å². The number of hydrogen-bond donors (Lipinski definition) is 1. The molecule has 4 nitrogen and oxygen atoms in total. The highest BCUT2D eigenvalue weighted by Gasteiger charge is 2.13. The van der Waals surface area contributed by atoms with Crippen LogP contribution in [-0.4, -0.2) is 31.0 Å². The summed E-state index contributed by atoms with van der Waals surface area (Å²) < 4.78 is 5.55. The Morgan fingerprint density at radius 3 is 2.62 bits per heavy atom. The van der Waals surface area contributed by atoms with Gasteiger partial charge in [-0.2, -0.15) is 0 Å². The Morgan fingerprint density at radius 1 is 1.29 bits per heavy atom. The van der Waals surface area contributed by atoms with Gasteiger partial charge in [0.25, 0.3) is 5.91 Å². The van der Waals surface area contributed by atoms with E-state index < -0.39 is 0 Å². The van der Waals surface area contributed by atoms with Crippen molar-refractivity contribution in [3.63, 3.8) is 0 Å². The largest absolute Gasteiger partial charge is 0.484 e. The molecule has 1 amide bonds. The zero-order valence-corrected chi connectivity index (χ0v) is 13.2. The molecule has 0 aliphatic carbocycles. The van der Waals surface area contributed by atoms with Crippen molar-refractivity contribution >= 4 is 22.9 Å². The van der Waals surface area contributed by atoms with Gasteiger partial charge in [0.05, 0.1) is 6.54 Å². The fourth-order valence-electron chi connectivity index (χ4n) is 1.92. The Kier molecular flexibility index (Phi) is 5.63. The highest BCUT2D eigenvalue weighted by atomic mass is 32.1. The molecule has 1 aromatic carbocycles. The first-order valence-corrected chi connectivity index (χ1v) is 7.81. The molecule has 2 aromatic rings. The van der Waals surface area contributed by atoms with E-state index in [9.17, 15) is 4.79 Å². The van der Waals surface area contributed by atoms with E-state index in [-0.39, 0.29) is 12.5 Å². The van der Waals surface area contributed by atoms with Crippen LogP contribution in [0.4, 0.5) is 5.69 Å². The number of hydrogen-bond acceptors (Lipinski definition) is 4. The molecule has 0 bridgehead atoms. The molecule has 1 aromatic heterocycles. The van der Waals surface area contributed by atoms with Crippen LogP contribution in [0.1, 0.15) is 11.8 Å². The van der Waals surface area contributed by atoms with Crippen molar-refractivity contribution in [1.29, 1.82) is 0 Å². The van der Waals surface area contributed by atoms with Gasteiger partial charge in [0.1, 0.15) is 5.75 Å². The van der Waals surface area contributed by atoms with Crippen LogP contribution in [-0.2, 0) is 11.3 Å². The maximum Gasteiger partial charge on any atom is 0.260 e. The van der Waals surface area contributed by atoms with Crippen molar-refractivity contribution < 1.29 is 9.53 Å². The lowest BCUT2D eigenvalue weighted by molar-refractivity contribution is -0.133. The van der Waals surface area contributed by atoms with Crippen LogP contribution in [0.2, 0.25) is 0 Å². The van der Waals surface area contributed by atoms with Crippen molar-refractivity contribution in [3.8, 4) is 5.75 Å². The first kappa shape index (κ1) is 15.4. The molecule has 0 saturated heterocycles. The van der Waals surface area contributed by atoms with Crippen molar-refractivity contribution in [1.82, 2.24) is 4.90 Å². The fraction of sp³-hybridized carbons (Fsp3) is 0.312. The zero-order chi connectivity index (χ0) is 15.1. The molecule has 112 valence electrons. The maximum atomic E-state index is 12.2. The Morgan fingerprint density at radius 2 is 2.05 bits per heavy atom. The number of carbonyl (C=O) groups excluding carboxylic acids is 1. The number of rotatable bonds is 7. The third kappa shape index (κ3) is 4.49. The molecule has 0 aliphatic heterocycles. The van der Waals surface area contributed by atoms with Gasteiger partial charge in [-0.1, -0.05) is 6.07 Å². The van der Waals surface area contributed by atoms with Gasteiger partial charge < -0.3 is 15.0 Å². The van der Waals surface area contributed by atoms with Crippen LogP contribution in [0.5, 0.6) is 5.75 Å². The summed E-state index contributed by atoms with van der Waals surface area (Å²) in [7, 11) is 1.86. The quantitative estimate of drug-likeness (QED) is 0.854. The summed E-state index contributed by atoms with van der Waals surface area (Å²) in [5, 5.41) is 5.06. The Labute approximate surface area is 129 Å². The standard InChI is InChI=1S/C16H20N2O2S/c1-3-18(11-15-5-4-10-21-15)16(19)12-20-14-8-6-13(17-2)7-9-14/h4-10,17H,3,11-12H2,1-2H3. The first-order chi connectivity index (χ1) is 10.2. The van der Waals surface area contributed by atoms with E-state index in [2.05, 4.69) is 5.32 Å². The molecule has 21 heavy (non-hydrogen) atoms. The van der Waals surface area contributed by atoms with Crippen LogP contribution < -0.4 is 10.1 Å². The molecular weight excluding hydrogens is 284 g/mol. The molecule has 0 aliphatic rings. The van der Waals surface area contributed by atoms with Gasteiger partial charge >= 0.3 is 0 Å². The second kappa shape index (κ2) is 7.69. The van der Waals surface area contributed by atoms with Crippen LogP contribution in [0.3, 0.4) is 0 Å². The van der Waals surface area contributed by atoms with Crippen molar-refractivity contribution in [3.05, 3.63) is 46.7 Å². The summed E-state index contributed by atoms with van der Waals surface area (Å²) in [5.41, 5.74) is 1.02. The smallest absolute Gasteiger partial charge is 0.260 e. The van der Waals surface area contributed by atoms with E-state index in [0.717, 1.165) is 5.69 Å². The van der Waals surface area contributed by atoms with Gasteiger partial charge in [-0.05, 0) is 42.6 Å². The summed E-state index contributed by atoms with van der Waals surface area (Å²) in [4.78, 5) is 15.2. The second-order valence-corrected chi connectivity index (χ2v) is 5.58. The monoisotopic (exact) mass is 304 g/mol. The number of anilines is 1. The van der Waals surface area contributed by atoms with Gasteiger partial charge in [0.2, 0.25) is 0 Å². The number of nitrogens with zero attached hydrogens (tertiary/aromatic N) is 1. The lowest BCUT2D eigenvalue weighted by Crippen LogP contribution is -2.34. The van der Waals surface area contributed by atoms with Crippen molar-refractivity contribution in [2.45, 2.75) is 13.5 Å². The van der Waals surface area contributed by atoms with Gasteiger partial charge in [-0.25, -0.2) is 0 Å². The fourth-order valence-corrected chi connectivity index (χ4v) is 2.64. The van der Waals surface area contributed by atoms with Crippen LogP contribution >= 0.6 is 11.3 Å². The topological polar surface area (TPSA) is 41.6 Å². The minimum atomic E-state index is 0.00333. The summed E-state index contributed by atoms with van der Waals surface area (Å²) in [6, 6.07) is 11.6. The van der Waals surface area contributed by atoms with E-state index in [0.29, 0.717) is 18.8 Å². The normalized spacial score (nSPS) is 10.2. The molecule has 5 heteroatoms. The minimum absolute atomic E-state index is 0.00333. The number of benzene rings is 1. The summed E-state index contributed by atoms with van der Waals surface area (Å²) >= 11 is 1.66. The van der Waals surface area contributed by atoms with Crippen LogP contribution in [0, 0.1) is 0 Å². The summed E-state index contributed by atoms with van der Waals surface area (Å²) in [5.74, 6) is 0.707. The highest BCUT2D eigenvalue weighted by molar-refractivity contribution is 7.09. The zero-order valence-electron chi connectivity index (χ0n) is 12.3. The predicted molar refractivity (Wildman–Crippen MR) is 86.9 cm³/mol. The molecule has 1 N–H and O–H groups in total. The van der Waals surface area contributed by atoms with Gasteiger partial charge in [0, 0.05) is 24.2 Å². The lowest BCUT2D eigenvalue weighted by atomic mass is 10.3. The maximum absolute atomic E-state index is 12.2. The van der Waals surface area contributed by atoms with Crippen LogP contribution in [0.15, 0.2) is 41.8 Å². The van der Waals surface area contributed by atoms with Crippen LogP contribution in [0.25, 0.3) is 0 Å². The number of thiophene rings is 1. The van der Waals surface area contributed by atoms with Gasteiger partial charge in [-0.3, -0.25) is 4.79 Å². The van der Waals surface area contributed by atoms with E-state index in [4.69, 9.17) is 4.74 Å². The number of amides is 1. The molecule has 0 saturated carbocycles. The molecule has 0 fully saturated rings. The molecular formula is C16H20N2O2S. The van der Waals surface area contributed by atoms with Gasteiger partial charge in [-0.15, -0.1) is 11.3 Å². The Bertz CT molecular complexity index is 552. The summed E-state index contributed by atoms with van der Waals surface area (Å²) in [6.45, 7) is 3.37.